The average Bonchev–Trinajstić information content (AvgIpc) is 2.44. The molecule has 4 heteroatoms. The first kappa shape index (κ1) is 15.3. The summed E-state index contributed by atoms with van der Waals surface area (Å²) in [4.78, 5) is 12.5. The number of hydrogen-bond acceptors (Lipinski definition) is 2. The van der Waals surface area contributed by atoms with Crippen molar-refractivity contribution in [3.8, 4) is 0 Å². The van der Waals surface area contributed by atoms with Crippen molar-refractivity contribution in [3.63, 3.8) is 0 Å². The zero-order valence-electron chi connectivity index (χ0n) is 12.4. The number of hydrogen-bond donors (Lipinski definition) is 2. The molecule has 0 radical (unpaired) electrons. The molecule has 1 amide bonds. The first-order valence-corrected chi connectivity index (χ1v) is 7.57. The molecular weight excluding hydrogens is 272 g/mol. The van der Waals surface area contributed by atoms with Crippen LogP contribution < -0.4 is 10.6 Å². The molecule has 1 aliphatic rings. The third-order valence-corrected chi connectivity index (χ3v) is 4.74. The maximum Gasteiger partial charge on any atom is 0.230 e. The number of benzene rings is 1. The lowest BCUT2D eigenvalue weighted by atomic mass is 9.74. The topological polar surface area (TPSA) is 41.1 Å². The Labute approximate surface area is 126 Å². The summed E-state index contributed by atoms with van der Waals surface area (Å²) in [5.74, 6) is 0.434. The maximum atomic E-state index is 12.5. The van der Waals surface area contributed by atoms with Crippen LogP contribution in [0.4, 0.5) is 5.69 Å². The van der Waals surface area contributed by atoms with Gasteiger partial charge in [-0.25, -0.2) is 0 Å². The fourth-order valence-electron chi connectivity index (χ4n) is 2.62. The molecule has 0 bridgehead atoms. The van der Waals surface area contributed by atoms with Crippen molar-refractivity contribution >= 4 is 23.2 Å². The molecule has 110 valence electrons. The van der Waals surface area contributed by atoms with Crippen LogP contribution in [0, 0.1) is 18.3 Å². The molecule has 1 aromatic carbocycles. The fourth-order valence-corrected chi connectivity index (χ4v) is 2.80. The molecule has 3 nitrogen and oxygen atoms in total. The standard InChI is InChI=1S/C16H23ClN2O/c1-11-6-7-13(9-14(11)17)19-15(20)16(2,3)12-5-4-8-18-10-12/h6-7,9,12,18H,4-5,8,10H2,1-3H3,(H,19,20). The Kier molecular flexibility index (Phi) is 4.71. The number of halogens is 1. The van der Waals surface area contributed by atoms with Crippen LogP contribution in [0.2, 0.25) is 5.02 Å². The lowest BCUT2D eigenvalue weighted by molar-refractivity contribution is -0.127. The van der Waals surface area contributed by atoms with Crippen LogP contribution >= 0.6 is 11.6 Å². The first-order valence-electron chi connectivity index (χ1n) is 7.19. The second kappa shape index (κ2) is 6.15. The SMILES string of the molecule is Cc1ccc(NC(=O)C(C)(C)C2CCCNC2)cc1Cl. The minimum absolute atomic E-state index is 0.0612. The summed E-state index contributed by atoms with van der Waals surface area (Å²) in [6.07, 6.45) is 2.24. The molecular formula is C16H23ClN2O. The first-order chi connectivity index (χ1) is 9.41. The van der Waals surface area contributed by atoms with Crippen LogP contribution in [-0.4, -0.2) is 19.0 Å². The highest BCUT2D eigenvalue weighted by molar-refractivity contribution is 6.31. The molecule has 1 unspecified atom stereocenters. The minimum Gasteiger partial charge on any atom is -0.326 e. The Hall–Kier alpha value is -1.06. The number of carbonyl (C=O) groups is 1. The number of nitrogens with one attached hydrogen (secondary N) is 2. The smallest absolute Gasteiger partial charge is 0.230 e. The van der Waals surface area contributed by atoms with Crippen LogP contribution in [0.3, 0.4) is 0 Å². The molecule has 1 heterocycles. The molecule has 1 atom stereocenters. The number of carbonyl (C=O) groups excluding carboxylic acids is 1. The fraction of sp³-hybridized carbons (Fsp3) is 0.562. The average molecular weight is 295 g/mol. The minimum atomic E-state index is -0.384. The van der Waals surface area contributed by atoms with Gasteiger partial charge in [0.2, 0.25) is 5.91 Å². The van der Waals surface area contributed by atoms with Gasteiger partial charge in [-0.1, -0.05) is 31.5 Å². The molecule has 0 spiro atoms. The van der Waals surface area contributed by atoms with E-state index in [9.17, 15) is 4.79 Å². The highest BCUT2D eigenvalue weighted by Gasteiger charge is 2.37. The predicted octanol–water partition coefficient (Wildman–Crippen LogP) is 3.61. The summed E-state index contributed by atoms with van der Waals surface area (Å²) < 4.78 is 0. The van der Waals surface area contributed by atoms with Crippen molar-refractivity contribution < 1.29 is 4.79 Å². The van der Waals surface area contributed by atoms with Crippen molar-refractivity contribution in [1.82, 2.24) is 5.32 Å². The third-order valence-electron chi connectivity index (χ3n) is 4.33. The Balaban J connectivity index is 2.07. The van der Waals surface area contributed by atoms with Gasteiger partial charge < -0.3 is 10.6 Å². The van der Waals surface area contributed by atoms with E-state index in [-0.39, 0.29) is 11.3 Å². The van der Waals surface area contributed by atoms with E-state index >= 15 is 0 Å². The summed E-state index contributed by atoms with van der Waals surface area (Å²) in [6, 6.07) is 5.63. The molecule has 0 aliphatic carbocycles. The molecule has 0 aromatic heterocycles. The van der Waals surface area contributed by atoms with Crippen molar-refractivity contribution in [3.05, 3.63) is 28.8 Å². The van der Waals surface area contributed by atoms with Crippen LogP contribution in [0.15, 0.2) is 18.2 Å². The monoisotopic (exact) mass is 294 g/mol. The van der Waals surface area contributed by atoms with Gasteiger partial charge in [0.15, 0.2) is 0 Å². The van der Waals surface area contributed by atoms with Crippen molar-refractivity contribution in [2.45, 2.75) is 33.6 Å². The number of amides is 1. The number of piperidine rings is 1. The van der Waals surface area contributed by atoms with Crippen molar-refractivity contribution in [1.29, 1.82) is 0 Å². The van der Waals surface area contributed by atoms with E-state index in [4.69, 9.17) is 11.6 Å². The van der Waals surface area contributed by atoms with E-state index in [0.717, 1.165) is 37.2 Å². The lowest BCUT2D eigenvalue weighted by Gasteiger charge is -2.36. The summed E-state index contributed by atoms with van der Waals surface area (Å²) in [5.41, 5.74) is 1.40. The Morgan fingerprint density at radius 2 is 2.20 bits per heavy atom. The van der Waals surface area contributed by atoms with E-state index in [1.807, 2.05) is 39.0 Å². The van der Waals surface area contributed by atoms with Crippen LogP contribution in [0.1, 0.15) is 32.3 Å². The molecule has 2 rings (SSSR count). The number of aryl methyl sites for hydroxylation is 1. The molecule has 1 fully saturated rings. The zero-order chi connectivity index (χ0) is 14.8. The molecule has 20 heavy (non-hydrogen) atoms. The van der Waals surface area contributed by atoms with Gasteiger partial charge in [-0.15, -0.1) is 0 Å². The lowest BCUT2D eigenvalue weighted by Crippen LogP contribution is -2.44. The van der Waals surface area contributed by atoms with Gasteiger partial charge in [0.05, 0.1) is 0 Å². The van der Waals surface area contributed by atoms with E-state index in [1.165, 1.54) is 0 Å². The Morgan fingerprint density at radius 1 is 1.45 bits per heavy atom. The highest BCUT2D eigenvalue weighted by atomic mass is 35.5. The van der Waals surface area contributed by atoms with Crippen molar-refractivity contribution in [2.75, 3.05) is 18.4 Å². The number of rotatable bonds is 3. The van der Waals surface area contributed by atoms with Crippen LogP contribution in [0.25, 0.3) is 0 Å². The number of anilines is 1. The van der Waals surface area contributed by atoms with Crippen LogP contribution in [-0.2, 0) is 4.79 Å². The van der Waals surface area contributed by atoms with Gasteiger partial charge in [-0.3, -0.25) is 4.79 Å². The third kappa shape index (κ3) is 3.33. The maximum absolute atomic E-state index is 12.5. The quantitative estimate of drug-likeness (QED) is 0.894. The molecule has 1 aromatic rings. The second-order valence-corrected chi connectivity index (χ2v) is 6.59. The summed E-state index contributed by atoms with van der Waals surface area (Å²) in [7, 11) is 0. The van der Waals surface area contributed by atoms with Gasteiger partial charge in [-0.05, 0) is 56.5 Å². The Morgan fingerprint density at radius 3 is 2.80 bits per heavy atom. The van der Waals surface area contributed by atoms with E-state index in [0.29, 0.717) is 10.9 Å². The van der Waals surface area contributed by atoms with Crippen molar-refractivity contribution in [2.24, 2.45) is 11.3 Å². The van der Waals surface area contributed by atoms with Gasteiger partial charge in [0, 0.05) is 16.1 Å². The zero-order valence-corrected chi connectivity index (χ0v) is 13.2. The second-order valence-electron chi connectivity index (χ2n) is 6.18. The predicted molar refractivity (Wildman–Crippen MR) is 84.2 cm³/mol. The van der Waals surface area contributed by atoms with Gasteiger partial charge in [-0.2, -0.15) is 0 Å². The van der Waals surface area contributed by atoms with Gasteiger partial charge in [0.25, 0.3) is 0 Å². The van der Waals surface area contributed by atoms with Gasteiger partial charge in [0.1, 0.15) is 0 Å². The Bertz CT molecular complexity index is 493. The van der Waals surface area contributed by atoms with Crippen LogP contribution in [0.5, 0.6) is 0 Å². The summed E-state index contributed by atoms with van der Waals surface area (Å²) in [5, 5.41) is 7.05. The summed E-state index contributed by atoms with van der Waals surface area (Å²) in [6.45, 7) is 7.97. The van der Waals surface area contributed by atoms with E-state index in [1.54, 1.807) is 0 Å². The molecule has 1 aliphatic heterocycles. The van der Waals surface area contributed by atoms with Gasteiger partial charge >= 0.3 is 0 Å². The molecule has 2 N–H and O–H groups in total. The highest BCUT2D eigenvalue weighted by Crippen LogP contribution is 2.33. The van der Waals surface area contributed by atoms with E-state index < -0.39 is 0 Å². The summed E-state index contributed by atoms with van der Waals surface area (Å²) >= 11 is 6.10. The van der Waals surface area contributed by atoms with E-state index in [2.05, 4.69) is 10.6 Å². The normalized spacial score (nSPS) is 19.7. The molecule has 0 saturated carbocycles. The molecule has 1 saturated heterocycles. The largest absolute Gasteiger partial charge is 0.326 e.